The summed E-state index contributed by atoms with van der Waals surface area (Å²) in [4.78, 5) is 14.3. The fraction of sp³-hybridized carbons (Fsp3) is 0.269. The van der Waals surface area contributed by atoms with Crippen LogP contribution in [0, 0.1) is 66.1 Å². The largest absolute Gasteiger partial charge is 1.00 e. The van der Waals surface area contributed by atoms with Crippen LogP contribution in [0.2, 0.25) is 0 Å². The summed E-state index contributed by atoms with van der Waals surface area (Å²) in [7, 11) is -22.6. The third-order valence-corrected chi connectivity index (χ3v) is 5.81. The van der Waals surface area contributed by atoms with Crippen LogP contribution in [0.15, 0.2) is 54.6 Å². The molecule has 0 fully saturated rings. The van der Waals surface area contributed by atoms with Crippen LogP contribution < -0.4 is 16.3 Å². The fourth-order valence-electron chi connectivity index (χ4n) is 2.44. The van der Waals surface area contributed by atoms with Crippen molar-refractivity contribution in [3.05, 3.63) is 71.7 Å². The molecule has 3 aromatic rings. The maximum atomic E-state index is 9.87. The van der Waals surface area contributed by atoms with E-state index in [1.54, 1.807) is 24.3 Å². The van der Waals surface area contributed by atoms with Gasteiger partial charge < -0.3 is 0 Å². The number of aryl methyl sites for hydroxylation is 3. The van der Waals surface area contributed by atoms with Gasteiger partial charge in [0.2, 0.25) is 0 Å². The zero-order valence-corrected chi connectivity index (χ0v) is 31.5. The molecule has 0 atom stereocenters. The Morgan fingerprint density at radius 2 is 0.580 bits per heavy atom. The fourth-order valence-corrected chi connectivity index (χ4v) is 4.88. The topological polar surface area (TPSA) is 134 Å². The van der Waals surface area contributed by atoms with Gasteiger partial charge in [-0.1, -0.05) is 18.2 Å². The zero-order chi connectivity index (χ0) is 39.2. The summed E-state index contributed by atoms with van der Waals surface area (Å²) in [6.07, 6.45) is 0. The molecular formula is C26H31Cu2F12N7P3+. The van der Waals surface area contributed by atoms with Crippen molar-refractivity contribution in [2.45, 2.75) is 48.5 Å². The smallest absolute Gasteiger partial charge is 1.00 e. The van der Waals surface area contributed by atoms with Crippen LogP contribution in [-0.2, 0) is 34.1 Å². The average Bonchev–Trinajstić information content (AvgIpc) is 2.83. The summed E-state index contributed by atoms with van der Waals surface area (Å²) in [5.41, 5.74) is 6.34. The first-order valence-electron chi connectivity index (χ1n) is 12.2. The van der Waals surface area contributed by atoms with E-state index in [4.69, 9.17) is 36.0 Å². The summed E-state index contributed by atoms with van der Waals surface area (Å²) in [6, 6.07) is 25.5. The summed E-state index contributed by atoms with van der Waals surface area (Å²) >= 11 is 0. The number of halogens is 12. The van der Waals surface area contributed by atoms with E-state index in [-0.39, 0.29) is 34.1 Å². The van der Waals surface area contributed by atoms with Gasteiger partial charge in [0, 0.05) is 63.0 Å². The van der Waals surface area contributed by atoms with Crippen LogP contribution in [-0.4, -0.2) is 15.0 Å². The molecule has 0 aliphatic carbocycles. The molecule has 0 aliphatic heterocycles. The summed E-state index contributed by atoms with van der Waals surface area (Å²) in [5, 5.41) is 29.3. The molecule has 0 saturated heterocycles. The number of hydrogen-bond acceptors (Lipinski definition) is 7. The minimum Gasteiger partial charge on any atom is 1.00 e. The summed E-state index contributed by atoms with van der Waals surface area (Å²) in [6.45, 7) is 11.8. The van der Waals surface area contributed by atoms with Crippen molar-refractivity contribution in [3.63, 3.8) is 0 Å². The molecule has 0 N–H and O–H groups in total. The Morgan fingerprint density at radius 1 is 0.440 bits per heavy atom. The van der Waals surface area contributed by atoms with Gasteiger partial charge in [-0.15, -0.1) is 0 Å². The second-order valence-corrected chi connectivity index (χ2v) is 14.3. The van der Waals surface area contributed by atoms with Crippen molar-refractivity contribution >= 4 is 39.8 Å². The number of rotatable bonds is 3. The predicted octanol–water partition coefficient (Wildman–Crippen LogP) is 11.2. The molecule has 290 valence electrons. The molecule has 0 radical (unpaired) electrons. The normalized spacial score (nSPS) is 11.9. The standard InChI is InChI=1S/C18H18N3P.4C2H3N.2Cu.2F6P/c1-13-7-4-10-16(19-13)22(17-11-5-8-14(2)20-17)18-12-6-9-15(3)21-18;4*1-2-3;;;2*1-7(2,3,4,5)6/h4-12H,1-3H3;4*1H3;;;;/q;;;;;2*+1;2*-1/p+1. The Morgan fingerprint density at radius 3 is 0.700 bits per heavy atom. The van der Waals surface area contributed by atoms with Gasteiger partial charge in [-0.3, -0.25) is 0 Å². The van der Waals surface area contributed by atoms with Crippen molar-refractivity contribution in [2.75, 3.05) is 0 Å². The van der Waals surface area contributed by atoms with E-state index in [1.165, 1.54) is 27.7 Å². The second-order valence-electron chi connectivity index (χ2n) is 8.18. The Hall–Kier alpha value is -3.10. The summed E-state index contributed by atoms with van der Waals surface area (Å²) < 4.78 is 118. The van der Waals surface area contributed by atoms with E-state index in [2.05, 4.69) is 36.4 Å². The molecule has 3 aromatic heterocycles. The molecule has 0 unspecified atom stereocenters. The molecule has 0 saturated carbocycles. The van der Waals surface area contributed by atoms with Crippen LogP contribution in [0.5, 0.6) is 0 Å². The number of aromatic nitrogens is 3. The predicted molar refractivity (Wildman–Crippen MR) is 166 cm³/mol. The Balaban J connectivity index is -0.000000144. The molecule has 3 heterocycles. The first-order valence-corrected chi connectivity index (χ1v) is 17.8. The molecule has 0 amide bonds. The first-order chi connectivity index (χ1) is 21.2. The van der Waals surface area contributed by atoms with E-state index >= 15 is 0 Å². The minimum absolute atomic E-state index is 0. The second kappa shape index (κ2) is 22.7. The maximum absolute atomic E-state index is 10.7. The van der Waals surface area contributed by atoms with Gasteiger partial charge >= 0.3 is 100 Å². The molecule has 0 aliphatic rings. The van der Waals surface area contributed by atoms with Crippen LogP contribution >= 0.6 is 23.5 Å². The Bertz CT molecular complexity index is 1400. The van der Waals surface area contributed by atoms with Crippen LogP contribution in [0.3, 0.4) is 0 Å². The number of pyridine rings is 3. The van der Waals surface area contributed by atoms with Crippen LogP contribution in [0.4, 0.5) is 50.4 Å². The Kier molecular flexibility index (Phi) is 26.8. The Labute approximate surface area is 303 Å². The molecule has 24 heteroatoms. The van der Waals surface area contributed by atoms with Crippen molar-refractivity contribution in [1.82, 2.24) is 15.0 Å². The van der Waals surface area contributed by atoms with Gasteiger partial charge in [-0.05, 0) is 39.0 Å². The third-order valence-electron chi connectivity index (χ3n) is 3.43. The molecule has 50 heavy (non-hydrogen) atoms. The van der Waals surface area contributed by atoms with Crippen molar-refractivity contribution in [3.8, 4) is 24.3 Å². The number of hydrogen-bond donors (Lipinski definition) is 0. The van der Waals surface area contributed by atoms with E-state index < -0.39 is 23.5 Å². The van der Waals surface area contributed by atoms with Gasteiger partial charge in [0.25, 0.3) is 0 Å². The summed E-state index contributed by atoms with van der Waals surface area (Å²) in [5.74, 6) is 0. The quantitative estimate of drug-likeness (QED) is 0.145. The van der Waals surface area contributed by atoms with E-state index in [0.29, 0.717) is 0 Å². The SMILES string of the molecule is CC#N.CC#N.CC#N.CC#N.Cc1cccc([PH+](c2cccc(C)n2)c2cccc(C)n2)n1.F[P-](F)(F)(F)(F)F.F[P-](F)(F)(F)(F)F.[Cu+].[Cu+]. The molecule has 0 bridgehead atoms. The average molecular weight is 890 g/mol. The van der Waals surface area contributed by atoms with Gasteiger partial charge in [0.1, 0.15) is 0 Å². The monoisotopic (exact) mass is 888 g/mol. The van der Waals surface area contributed by atoms with Gasteiger partial charge in [-0.25, -0.2) is 15.0 Å². The van der Waals surface area contributed by atoms with Crippen LogP contribution in [0.1, 0.15) is 44.8 Å². The van der Waals surface area contributed by atoms with E-state index in [1.807, 2.05) is 39.0 Å². The molecule has 0 spiro atoms. The first kappa shape index (κ1) is 59.1. The van der Waals surface area contributed by atoms with Crippen molar-refractivity contribution in [2.24, 2.45) is 0 Å². The third kappa shape index (κ3) is 57.2. The number of nitrogens with zero attached hydrogens (tertiary/aromatic N) is 7. The molecule has 0 aromatic carbocycles. The van der Waals surface area contributed by atoms with Crippen molar-refractivity contribution in [1.29, 1.82) is 21.0 Å². The zero-order valence-electron chi connectivity index (χ0n) is 26.9. The van der Waals surface area contributed by atoms with E-state index in [0.717, 1.165) is 33.4 Å². The van der Waals surface area contributed by atoms with Gasteiger partial charge in [-0.2, -0.15) is 21.0 Å². The van der Waals surface area contributed by atoms with Gasteiger partial charge in [0.15, 0.2) is 24.2 Å². The van der Waals surface area contributed by atoms with Gasteiger partial charge in [0.05, 0.1) is 24.3 Å². The molecule has 3 rings (SSSR count). The molecular weight excluding hydrogens is 858 g/mol. The molecule has 7 nitrogen and oxygen atoms in total. The number of nitriles is 4. The van der Waals surface area contributed by atoms with Crippen LogP contribution in [0.25, 0.3) is 0 Å². The van der Waals surface area contributed by atoms with Crippen molar-refractivity contribution < 1.29 is 84.5 Å². The minimum atomic E-state index is -10.7. The van der Waals surface area contributed by atoms with E-state index in [9.17, 15) is 50.4 Å². The maximum Gasteiger partial charge on any atom is 1.00 e.